The molecule has 3 aromatic rings. The van der Waals surface area contributed by atoms with Crippen LogP contribution in [-0.4, -0.2) is 16.9 Å². The number of ether oxygens (including phenoxy) is 1. The molecule has 1 aromatic heterocycles. The standard InChI is InChI=1S/C21H20ClN3O3S/c1-12-4-7-19(13(2)8-12)25(14(3)26)21-24-16(11-29-21)10-28-20(27)17-6-5-15(22)9-18(17)23/h4-9,11H,10,23H2,1-3H3. The molecule has 3 rings (SSSR count). The molecule has 0 fully saturated rings. The van der Waals surface area contributed by atoms with Gasteiger partial charge in [-0.05, 0) is 43.7 Å². The van der Waals surface area contributed by atoms with Crippen LogP contribution in [-0.2, 0) is 16.1 Å². The van der Waals surface area contributed by atoms with Crippen LogP contribution in [0.1, 0.15) is 34.1 Å². The van der Waals surface area contributed by atoms with Crippen LogP contribution in [0.2, 0.25) is 5.02 Å². The van der Waals surface area contributed by atoms with Crippen molar-refractivity contribution in [1.82, 2.24) is 4.98 Å². The SMILES string of the molecule is CC(=O)N(c1nc(COC(=O)c2ccc(Cl)cc2N)cs1)c1ccc(C)cc1C. The van der Waals surface area contributed by atoms with E-state index in [9.17, 15) is 9.59 Å². The number of carbonyl (C=O) groups excluding carboxylic acids is 2. The average Bonchev–Trinajstić information content (AvgIpc) is 3.10. The lowest BCUT2D eigenvalue weighted by atomic mass is 10.1. The second kappa shape index (κ2) is 8.63. The summed E-state index contributed by atoms with van der Waals surface area (Å²) in [7, 11) is 0. The Balaban J connectivity index is 1.76. The molecule has 1 amide bonds. The number of nitrogen functional groups attached to an aromatic ring is 1. The van der Waals surface area contributed by atoms with Crippen molar-refractivity contribution in [3.05, 3.63) is 69.2 Å². The predicted molar refractivity (Wildman–Crippen MR) is 116 cm³/mol. The summed E-state index contributed by atoms with van der Waals surface area (Å²) >= 11 is 7.16. The highest BCUT2D eigenvalue weighted by atomic mass is 35.5. The zero-order valence-corrected chi connectivity index (χ0v) is 17.8. The van der Waals surface area contributed by atoms with Gasteiger partial charge in [0.15, 0.2) is 5.13 Å². The highest BCUT2D eigenvalue weighted by Crippen LogP contribution is 2.32. The number of hydrogen-bond donors (Lipinski definition) is 1. The van der Waals surface area contributed by atoms with Gasteiger partial charge < -0.3 is 10.5 Å². The minimum Gasteiger partial charge on any atom is -0.455 e. The number of aryl methyl sites for hydroxylation is 2. The Morgan fingerprint density at radius 1 is 1.21 bits per heavy atom. The first-order valence-corrected chi connectivity index (χ1v) is 10.1. The molecule has 0 spiro atoms. The number of nitrogens with two attached hydrogens (primary N) is 1. The van der Waals surface area contributed by atoms with E-state index in [1.54, 1.807) is 16.3 Å². The van der Waals surface area contributed by atoms with E-state index in [0.717, 1.165) is 16.8 Å². The van der Waals surface area contributed by atoms with Crippen LogP contribution in [0.15, 0.2) is 41.8 Å². The highest BCUT2D eigenvalue weighted by Gasteiger charge is 2.20. The lowest BCUT2D eigenvalue weighted by Gasteiger charge is -2.20. The van der Waals surface area contributed by atoms with Crippen molar-refractivity contribution >= 4 is 51.3 Å². The molecular formula is C21H20ClN3O3S. The van der Waals surface area contributed by atoms with Crippen LogP contribution in [0.4, 0.5) is 16.5 Å². The van der Waals surface area contributed by atoms with Crippen molar-refractivity contribution in [2.45, 2.75) is 27.4 Å². The molecule has 0 saturated carbocycles. The number of benzene rings is 2. The number of carbonyl (C=O) groups is 2. The number of amides is 1. The normalized spacial score (nSPS) is 10.6. The predicted octanol–water partition coefficient (Wildman–Crippen LogP) is 5.04. The van der Waals surface area contributed by atoms with Gasteiger partial charge in [0.25, 0.3) is 0 Å². The topological polar surface area (TPSA) is 85.5 Å². The van der Waals surface area contributed by atoms with E-state index in [1.807, 2.05) is 32.0 Å². The third-order valence-electron chi connectivity index (χ3n) is 4.22. The van der Waals surface area contributed by atoms with Gasteiger partial charge in [0.05, 0.1) is 16.9 Å². The summed E-state index contributed by atoms with van der Waals surface area (Å²) in [5, 5.41) is 2.72. The van der Waals surface area contributed by atoms with Gasteiger partial charge in [-0.15, -0.1) is 11.3 Å². The van der Waals surface area contributed by atoms with Gasteiger partial charge in [-0.1, -0.05) is 29.3 Å². The third-order valence-corrected chi connectivity index (χ3v) is 5.33. The van der Waals surface area contributed by atoms with Gasteiger partial charge in [0, 0.05) is 23.0 Å². The highest BCUT2D eigenvalue weighted by molar-refractivity contribution is 7.14. The van der Waals surface area contributed by atoms with Crippen LogP contribution in [0.25, 0.3) is 0 Å². The summed E-state index contributed by atoms with van der Waals surface area (Å²) in [4.78, 5) is 30.6. The molecule has 150 valence electrons. The van der Waals surface area contributed by atoms with Gasteiger partial charge in [0.1, 0.15) is 6.61 Å². The monoisotopic (exact) mass is 429 g/mol. The number of hydrogen-bond acceptors (Lipinski definition) is 6. The summed E-state index contributed by atoms with van der Waals surface area (Å²) < 4.78 is 5.31. The van der Waals surface area contributed by atoms with Crippen molar-refractivity contribution in [2.75, 3.05) is 10.6 Å². The van der Waals surface area contributed by atoms with E-state index >= 15 is 0 Å². The number of anilines is 3. The fraction of sp³-hybridized carbons (Fsp3) is 0.190. The van der Waals surface area contributed by atoms with E-state index < -0.39 is 5.97 Å². The first kappa shape index (κ1) is 20.8. The molecule has 29 heavy (non-hydrogen) atoms. The lowest BCUT2D eigenvalue weighted by molar-refractivity contribution is -0.115. The molecule has 2 N–H and O–H groups in total. The Morgan fingerprint density at radius 3 is 2.62 bits per heavy atom. The lowest BCUT2D eigenvalue weighted by Crippen LogP contribution is -2.23. The molecule has 0 aliphatic heterocycles. The average molecular weight is 430 g/mol. The van der Waals surface area contributed by atoms with Gasteiger partial charge in [-0.25, -0.2) is 9.78 Å². The summed E-state index contributed by atoms with van der Waals surface area (Å²) in [6.45, 7) is 5.41. The van der Waals surface area contributed by atoms with Crippen molar-refractivity contribution in [2.24, 2.45) is 0 Å². The number of nitrogens with zero attached hydrogens (tertiary/aromatic N) is 2. The molecule has 2 aromatic carbocycles. The zero-order chi connectivity index (χ0) is 21.1. The Bertz CT molecular complexity index is 1080. The van der Waals surface area contributed by atoms with E-state index in [2.05, 4.69) is 4.98 Å². The fourth-order valence-electron chi connectivity index (χ4n) is 2.87. The molecule has 0 unspecified atom stereocenters. The fourth-order valence-corrected chi connectivity index (χ4v) is 3.91. The Hall–Kier alpha value is -2.90. The van der Waals surface area contributed by atoms with Gasteiger partial charge >= 0.3 is 5.97 Å². The number of esters is 1. The summed E-state index contributed by atoms with van der Waals surface area (Å²) in [6, 6.07) is 10.4. The first-order valence-electron chi connectivity index (χ1n) is 8.80. The maximum absolute atomic E-state index is 12.3. The quantitative estimate of drug-likeness (QED) is 0.453. The van der Waals surface area contributed by atoms with Crippen LogP contribution >= 0.6 is 22.9 Å². The third kappa shape index (κ3) is 4.75. The van der Waals surface area contributed by atoms with Crippen LogP contribution in [0, 0.1) is 13.8 Å². The maximum Gasteiger partial charge on any atom is 0.340 e. The first-order chi connectivity index (χ1) is 13.8. The molecule has 0 atom stereocenters. The van der Waals surface area contributed by atoms with Crippen LogP contribution in [0.5, 0.6) is 0 Å². The van der Waals surface area contributed by atoms with Crippen molar-refractivity contribution in [3.8, 4) is 0 Å². The van der Waals surface area contributed by atoms with Crippen molar-refractivity contribution in [1.29, 1.82) is 0 Å². The molecule has 6 nitrogen and oxygen atoms in total. The molecule has 0 radical (unpaired) electrons. The minimum absolute atomic E-state index is 0.0317. The van der Waals surface area contributed by atoms with Gasteiger partial charge in [0.2, 0.25) is 5.91 Å². The summed E-state index contributed by atoms with van der Waals surface area (Å²) in [6.07, 6.45) is 0. The minimum atomic E-state index is -0.563. The molecule has 0 aliphatic carbocycles. The Morgan fingerprint density at radius 2 is 1.97 bits per heavy atom. The second-order valence-electron chi connectivity index (χ2n) is 6.57. The number of halogens is 1. The van der Waals surface area contributed by atoms with Gasteiger partial charge in [-0.2, -0.15) is 0 Å². The molecule has 0 aliphatic rings. The van der Waals surface area contributed by atoms with Gasteiger partial charge in [-0.3, -0.25) is 9.69 Å². The van der Waals surface area contributed by atoms with Crippen LogP contribution in [0.3, 0.4) is 0 Å². The largest absolute Gasteiger partial charge is 0.455 e. The van der Waals surface area contributed by atoms with E-state index in [0.29, 0.717) is 15.8 Å². The number of thiazole rings is 1. The Labute approximate surface area is 177 Å². The summed E-state index contributed by atoms with van der Waals surface area (Å²) in [5.41, 5.74) is 9.71. The van der Waals surface area contributed by atoms with E-state index in [4.69, 9.17) is 22.1 Å². The molecular weight excluding hydrogens is 410 g/mol. The molecule has 0 bridgehead atoms. The second-order valence-corrected chi connectivity index (χ2v) is 7.85. The zero-order valence-electron chi connectivity index (χ0n) is 16.2. The molecule has 0 saturated heterocycles. The smallest absolute Gasteiger partial charge is 0.340 e. The number of rotatable bonds is 5. The molecule has 8 heteroatoms. The molecule has 1 heterocycles. The number of aromatic nitrogens is 1. The van der Waals surface area contributed by atoms with E-state index in [-0.39, 0.29) is 23.8 Å². The Kier molecular flexibility index (Phi) is 6.20. The van der Waals surface area contributed by atoms with Crippen molar-refractivity contribution < 1.29 is 14.3 Å². The maximum atomic E-state index is 12.3. The van der Waals surface area contributed by atoms with E-state index in [1.165, 1.54) is 30.4 Å². The van der Waals surface area contributed by atoms with Crippen molar-refractivity contribution in [3.63, 3.8) is 0 Å². The summed E-state index contributed by atoms with van der Waals surface area (Å²) in [5.74, 6) is -0.713. The van der Waals surface area contributed by atoms with Crippen LogP contribution < -0.4 is 10.6 Å².